The van der Waals surface area contributed by atoms with Crippen LogP contribution in [0.3, 0.4) is 0 Å². The van der Waals surface area contributed by atoms with E-state index in [2.05, 4.69) is 31.1 Å². The molecule has 0 bridgehead atoms. The molecule has 4 nitrogen and oxygen atoms in total. The van der Waals surface area contributed by atoms with Crippen molar-refractivity contribution in [2.75, 3.05) is 12.4 Å². The average molecular weight is 310 g/mol. The molecule has 0 aliphatic heterocycles. The van der Waals surface area contributed by atoms with Gasteiger partial charge in [0.15, 0.2) is 0 Å². The third-order valence-corrected chi connectivity index (χ3v) is 3.47. The van der Waals surface area contributed by atoms with Gasteiger partial charge in [0, 0.05) is 17.3 Å². The maximum atomic E-state index is 12.2. The van der Waals surface area contributed by atoms with Gasteiger partial charge < -0.3 is 15.4 Å². The van der Waals surface area contributed by atoms with Gasteiger partial charge in [-0.2, -0.15) is 0 Å². The van der Waals surface area contributed by atoms with E-state index < -0.39 is 0 Å². The van der Waals surface area contributed by atoms with Crippen molar-refractivity contribution in [3.05, 3.63) is 72.1 Å². The first-order valence-corrected chi connectivity index (χ1v) is 7.51. The second kappa shape index (κ2) is 7.49. The fourth-order valence-corrected chi connectivity index (χ4v) is 2.27. The summed E-state index contributed by atoms with van der Waals surface area (Å²) in [6, 6.07) is 14.9. The lowest BCUT2D eigenvalue weighted by Gasteiger charge is -2.17. The fraction of sp³-hybridized carbons (Fsp3) is 0.211. The minimum atomic E-state index is -0.197. The van der Waals surface area contributed by atoms with Crippen molar-refractivity contribution in [3.8, 4) is 5.75 Å². The molecule has 2 N–H and O–H groups in total. The molecule has 23 heavy (non-hydrogen) atoms. The lowest BCUT2D eigenvalue weighted by atomic mass is 10.0. The van der Waals surface area contributed by atoms with Crippen molar-refractivity contribution >= 4 is 11.6 Å². The zero-order valence-corrected chi connectivity index (χ0v) is 13.7. The van der Waals surface area contributed by atoms with Gasteiger partial charge in [-0.15, -0.1) is 0 Å². The minimum Gasteiger partial charge on any atom is -0.497 e. The molecule has 0 saturated heterocycles. The predicted molar refractivity (Wildman–Crippen MR) is 93.8 cm³/mol. The maximum Gasteiger partial charge on any atom is 0.256 e. The second-order valence-corrected chi connectivity index (χ2v) is 5.53. The number of anilines is 1. The lowest BCUT2D eigenvalue weighted by molar-refractivity contribution is 0.0966. The molecule has 0 aliphatic rings. The molecule has 2 rings (SSSR count). The lowest BCUT2D eigenvalue weighted by Crippen LogP contribution is -2.26. The molecule has 0 saturated carbocycles. The van der Waals surface area contributed by atoms with E-state index >= 15 is 0 Å². The van der Waals surface area contributed by atoms with Crippen LogP contribution in [-0.4, -0.2) is 13.0 Å². The van der Waals surface area contributed by atoms with Crippen molar-refractivity contribution in [3.63, 3.8) is 0 Å². The highest BCUT2D eigenvalue weighted by atomic mass is 16.5. The number of carbonyl (C=O) groups is 1. The SMILES string of the molecule is C=C(NC(=O)c1ccccc1)Nc1cc(OC)ccc1C(C)C. The summed E-state index contributed by atoms with van der Waals surface area (Å²) in [7, 11) is 1.63. The van der Waals surface area contributed by atoms with Gasteiger partial charge in [0.2, 0.25) is 0 Å². The molecule has 120 valence electrons. The Bertz CT molecular complexity index is 694. The van der Waals surface area contributed by atoms with Gasteiger partial charge in [0.25, 0.3) is 5.91 Å². The molecule has 0 unspecified atom stereocenters. The van der Waals surface area contributed by atoms with E-state index in [-0.39, 0.29) is 5.91 Å². The van der Waals surface area contributed by atoms with Crippen LogP contribution < -0.4 is 15.4 Å². The Morgan fingerprint density at radius 2 is 1.83 bits per heavy atom. The van der Waals surface area contributed by atoms with Crippen LogP contribution in [0.25, 0.3) is 0 Å². The molecular weight excluding hydrogens is 288 g/mol. The Hall–Kier alpha value is -2.75. The monoisotopic (exact) mass is 310 g/mol. The molecule has 0 atom stereocenters. The largest absolute Gasteiger partial charge is 0.497 e. The van der Waals surface area contributed by atoms with Crippen molar-refractivity contribution in [2.45, 2.75) is 19.8 Å². The Balaban J connectivity index is 2.12. The summed E-state index contributed by atoms with van der Waals surface area (Å²) >= 11 is 0. The first kappa shape index (κ1) is 16.6. The molecular formula is C19H22N2O2. The van der Waals surface area contributed by atoms with Crippen LogP contribution in [-0.2, 0) is 0 Å². The van der Waals surface area contributed by atoms with E-state index in [0.29, 0.717) is 17.3 Å². The minimum absolute atomic E-state index is 0.197. The highest BCUT2D eigenvalue weighted by molar-refractivity contribution is 5.95. The average Bonchev–Trinajstić information content (AvgIpc) is 2.55. The van der Waals surface area contributed by atoms with Crippen molar-refractivity contribution in [1.29, 1.82) is 0 Å². The van der Waals surface area contributed by atoms with Gasteiger partial charge in [-0.05, 0) is 29.7 Å². The summed E-state index contributed by atoms with van der Waals surface area (Å²) < 4.78 is 5.26. The highest BCUT2D eigenvalue weighted by Crippen LogP contribution is 2.29. The maximum absolute atomic E-state index is 12.2. The number of amides is 1. The standard InChI is InChI=1S/C19H22N2O2/c1-13(2)17-11-10-16(23-4)12-18(17)20-14(3)21-19(22)15-8-6-5-7-9-15/h5-13,20H,3H2,1-2,4H3,(H,21,22). The summed E-state index contributed by atoms with van der Waals surface area (Å²) in [5.74, 6) is 1.31. The second-order valence-electron chi connectivity index (χ2n) is 5.53. The summed E-state index contributed by atoms with van der Waals surface area (Å²) in [4.78, 5) is 12.2. The molecule has 4 heteroatoms. The fourth-order valence-electron chi connectivity index (χ4n) is 2.27. The number of rotatable bonds is 6. The molecule has 0 radical (unpaired) electrons. The molecule has 1 amide bonds. The summed E-state index contributed by atoms with van der Waals surface area (Å²) in [6.45, 7) is 8.11. The Labute approximate surface area is 137 Å². The van der Waals surface area contributed by atoms with E-state index in [0.717, 1.165) is 17.0 Å². The Kier molecular flexibility index (Phi) is 5.41. The molecule has 0 fully saturated rings. The van der Waals surface area contributed by atoms with Crippen LogP contribution in [0.2, 0.25) is 0 Å². The Morgan fingerprint density at radius 3 is 2.43 bits per heavy atom. The number of ether oxygens (including phenoxy) is 1. The Morgan fingerprint density at radius 1 is 1.13 bits per heavy atom. The molecule has 2 aromatic carbocycles. The number of hydrogen-bond donors (Lipinski definition) is 2. The van der Waals surface area contributed by atoms with Crippen LogP contribution in [0.15, 0.2) is 60.9 Å². The molecule has 0 heterocycles. The first-order chi connectivity index (χ1) is 11.0. The van der Waals surface area contributed by atoms with Crippen LogP contribution in [0.5, 0.6) is 5.75 Å². The number of carbonyl (C=O) groups excluding carboxylic acids is 1. The van der Waals surface area contributed by atoms with Crippen LogP contribution in [0, 0.1) is 0 Å². The van der Waals surface area contributed by atoms with E-state index in [1.54, 1.807) is 19.2 Å². The van der Waals surface area contributed by atoms with Gasteiger partial charge >= 0.3 is 0 Å². The summed E-state index contributed by atoms with van der Waals surface area (Å²) in [5.41, 5.74) is 2.59. The van der Waals surface area contributed by atoms with Gasteiger partial charge in [-0.25, -0.2) is 0 Å². The molecule has 0 aromatic heterocycles. The van der Waals surface area contributed by atoms with Gasteiger partial charge in [-0.3, -0.25) is 4.79 Å². The zero-order chi connectivity index (χ0) is 16.8. The van der Waals surface area contributed by atoms with E-state index in [9.17, 15) is 4.79 Å². The summed E-state index contributed by atoms with van der Waals surface area (Å²) in [5, 5.41) is 5.92. The third-order valence-electron chi connectivity index (χ3n) is 3.47. The van der Waals surface area contributed by atoms with Crippen LogP contribution in [0.1, 0.15) is 35.7 Å². The number of hydrogen-bond acceptors (Lipinski definition) is 3. The van der Waals surface area contributed by atoms with Gasteiger partial charge in [0.1, 0.15) is 11.6 Å². The topological polar surface area (TPSA) is 50.4 Å². The number of methoxy groups -OCH3 is 1. The molecule has 2 aromatic rings. The quantitative estimate of drug-likeness (QED) is 0.843. The highest BCUT2D eigenvalue weighted by Gasteiger charge is 2.11. The smallest absolute Gasteiger partial charge is 0.256 e. The number of nitrogens with one attached hydrogen (secondary N) is 2. The van der Waals surface area contributed by atoms with Crippen molar-refractivity contribution in [2.24, 2.45) is 0 Å². The zero-order valence-electron chi connectivity index (χ0n) is 13.7. The summed E-state index contributed by atoms with van der Waals surface area (Å²) in [6.07, 6.45) is 0. The molecule has 0 spiro atoms. The van der Waals surface area contributed by atoms with Gasteiger partial charge in [0.05, 0.1) is 7.11 Å². The first-order valence-electron chi connectivity index (χ1n) is 7.51. The van der Waals surface area contributed by atoms with Crippen molar-refractivity contribution < 1.29 is 9.53 Å². The molecule has 0 aliphatic carbocycles. The van der Waals surface area contributed by atoms with Crippen LogP contribution in [0.4, 0.5) is 5.69 Å². The van der Waals surface area contributed by atoms with E-state index in [1.807, 2.05) is 36.4 Å². The van der Waals surface area contributed by atoms with Crippen LogP contribution >= 0.6 is 0 Å². The van der Waals surface area contributed by atoms with E-state index in [1.165, 1.54) is 0 Å². The van der Waals surface area contributed by atoms with Crippen molar-refractivity contribution in [1.82, 2.24) is 5.32 Å². The number of benzene rings is 2. The normalized spacial score (nSPS) is 10.3. The van der Waals surface area contributed by atoms with E-state index in [4.69, 9.17) is 4.74 Å². The third kappa shape index (κ3) is 4.36. The predicted octanol–water partition coefficient (Wildman–Crippen LogP) is 4.13. The van der Waals surface area contributed by atoms with Gasteiger partial charge in [-0.1, -0.05) is 44.7 Å².